The van der Waals surface area contributed by atoms with Gasteiger partial charge in [-0.3, -0.25) is 4.79 Å². The Balaban J connectivity index is 1.70. The van der Waals surface area contributed by atoms with E-state index in [0.717, 1.165) is 13.0 Å². The van der Waals surface area contributed by atoms with Crippen LogP contribution in [0.25, 0.3) is 0 Å². The first kappa shape index (κ1) is 16.3. The topological polar surface area (TPSA) is 41.1 Å². The molecule has 0 aromatic heterocycles. The normalized spacial score (nSPS) is 14.7. The molecule has 0 fully saturated rings. The van der Waals surface area contributed by atoms with E-state index < -0.39 is 0 Å². The van der Waals surface area contributed by atoms with Crippen LogP contribution in [0.5, 0.6) is 0 Å². The van der Waals surface area contributed by atoms with E-state index in [2.05, 4.69) is 16.7 Å². The lowest BCUT2D eigenvalue weighted by Crippen LogP contribution is -2.29. The van der Waals surface area contributed by atoms with Gasteiger partial charge in [0.15, 0.2) is 0 Å². The van der Waals surface area contributed by atoms with Gasteiger partial charge in [0.05, 0.1) is 17.3 Å². The maximum atomic E-state index is 11.8. The number of anilines is 1. The molecule has 2 rings (SSSR count). The first-order valence-corrected chi connectivity index (χ1v) is 8.04. The van der Waals surface area contributed by atoms with E-state index >= 15 is 0 Å². The highest BCUT2D eigenvalue weighted by Gasteiger charge is 2.07. The summed E-state index contributed by atoms with van der Waals surface area (Å²) in [7, 11) is 0. The summed E-state index contributed by atoms with van der Waals surface area (Å²) in [6.07, 6.45) is 8.34. The van der Waals surface area contributed by atoms with E-state index in [1.165, 1.54) is 31.3 Å². The second-order valence-electron chi connectivity index (χ2n) is 5.21. The average molecular weight is 327 g/mol. The van der Waals surface area contributed by atoms with Gasteiger partial charge in [-0.2, -0.15) is 0 Å². The Morgan fingerprint density at radius 3 is 2.86 bits per heavy atom. The molecule has 1 aromatic rings. The average Bonchev–Trinajstić information content (AvgIpc) is 2.48. The minimum absolute atomic E-state index is 0.114. The van der Waals surface area contributed by atoms with Gasteiger partial charge in [0.1, 0.15) is 0 Å². The SMILES string of the molecule is O=C(CNCCC1=CCCCC1)Nc1cc(Cl)ccc1Cl. The molecule has 0 saturated heterocycles. The number of halogens is 2. The molecule has 114 valence electrons. The van der Waals surface area contributed by atoms with Crippen LogP contribution in [-0.4, -0.2) is 19.0 Å². The molecular formula is C16H20Cl2N2O. The van der Waals surface area contributed by atoms with E-state index in [1.54, 1.807) is 18.2 Å². The highest BCUT2D eigenvalue weighted by Crippen LogP contribution is 2.25. The van der Waals surface area contributed by atoms with Crippen LogP contribution in [0.3, 0.4) is 0 Å². The van der Waals surface area contributed by atoms with Crippen LogP contribution < -0.4 is 10.6 Å². The van der Waals surface area contributed by atoms with Crippen LogP contribution in [0, 0.1) is 0 Å². The first-order chi connectivity index (χ1) is 10.1. The van der Waals surface area contributed by atoms with Crippen LogP contribution in [0.1, 0.15) is 32.1 Å². The lowest BCUT2D eigenvalue weighted by molar-refractivity contribution is -0.115. The van der Waals surface area contributed by atoms with Crippen molar-refractivity contribution in [1.82, 2.24) is 5.32 Å². The molecule has 5 heteroatoms. The van der Waals surface area contributed by atoms with Crippen molar-refractivity contribution in [2.75, 3.05) is 18.4 Å². The van der Waals surface area contributed by atoms with E-state index in [1.807, 2.05) is 0 Å². The lowest BCUT2D eigenvalue weighted by atomic mass is 9.97. The van der Waals surface area contributed by atoms with Crippen molar-refractivity contribution < 1.29 is 4.79 Å². The molecular weight excluding hydrogens is 307 g/mol. The molecule has 1 aliphatic rings. The summed E-state index contributed by atoms with van der Waals surface area (Å²) in [6, 6.07) is 5.01. The van der Waals surface area contributed by atoms with Crippen molar-refractivity contribution in [3.63, 3.8) is 0 Å². The second kappa shape index (κ2) is 8.42. The number of carbonyl (C=O) groups is 1. The van der Waals surface area contributed by atoms with Crippen molar-refractivity contribution in [1.29, 1.82) is 0 Å². The van der Waals surface area contributed by atoms with Gasteiger partial charge >= 0.3 is 0 Å². The molecule has 0 aliphatic heterocycles. The summed E-state index contributed by atoms with van der Waals surface area (Å²) in [6.45, 7) is 1.10. The molecule has 0 bridgehead atoms. The van der Waals surface area contributed by atoms with Crippen molar-refractivity contribution in [2.45, 2.75) is 32.1 Å². The number of hydrogen-bond donors (Lipinski definition) is 2. The van der Waals surface area contributed by atoms with Gasteiger partial charge in [-0.1, -0.05) is 34.9 Å². The zero-order valence-electron chi connectivity index (χ0n) is 11.9. The van der Waals surface area contributed by atoms with Crippen LogP contribution in [0.4, 0.5) is 5.69 Å². The Morgan fingerprint density at radius 2 is 2.10 bits per heavy atom. The first-order valence-electron chi connectivity index (χ1n) is 7.28. The Hall–Kier alpha value is -1.03. The maximum Gasteiger partial charge on any atom is 0.238 e. The number of nitrogens with one attached hydrogen (secondary N) is 2. The van der Waals surface area contributed by atoms with Gasteiger partial charge in [0.2, 0.25) is 5.91 Å². The van der Waals surface area contributed by atoms with Crippen molar-refractivity contribution in [3.05, 3.63) is 39.9 Å². The standard InChI is InChI=1S/C16H20Cl2N2O/c17-13-6-7-14(18)15(10-13)20-16(21)11-19-9-8-12-4-2-1-3-5-12/h4,6-7,10,19H,1-3,5,8-9,11H2,(H,20,21). The molecule has 0 saturated carbocycles. The summed E-state index contributed by atoms with van der Waals surface area (Å²) in [4.78, 5) is 11.8. The molecule has 0 unspecified atom stereocenters. The van der Waals surface area contributed by atoms with Crippen LogP contribution in [0.15, 0.2) is 29.8 Å². The summed E-state index contributed by atoms with van der Waals surface area (Å²) in [5.74, 6) is -0.114. The fourth-order valence-electron chi connectivity index (χ4n) is 2.37. The van der Waals surface area contributed by atoms with Crippen LogP contribution >= 0.6 is 23.2 Å². The molecule has 0 spiro atoms. The number of benzene rings is 1. The van der Waals surface area contributed by atoms with E-state index in [9.17, 15) is 4.79 Å². The van der Waals surface area contributed by atoms with Crippen LogP contribution in [0.2, 0.25) is 10.0 Å². The van der Waals surface area contributed by atoms with Gasteiger partial charge in [-0.25, -0.2) is 0 Å². The summed E-state index contributed by atoms with van der Waals surface area (Å²) in [5.41, 5.74) is 2.05. The summed E-state index contributed by atoms with van der Waals surface area (Å²) in [5, 5.41) is 6.95. The summed E-state index contributed by atoms with van der Waals surface area (Å²) >= 11 is 11.9. The fourth-order valence-corrected chi connectivity index (χ4v) is 2.71. The van der Waals surface area contributed by atoms with Crippen molar-refractivity contribution in [3.8, 4) is 0 Å². The Labute approximate surface area is 135 Å². The van der Waals surface area contributed by atoms with Gasteiger partial charge in [-0.15, -0.1) is 0 Å². The zero-order valence-corrected chi connectivity index (χ0v) is 13.4. The zero-order chi connectivity index (χ0) is 15.1. The van der Waals surface area contributed by atoms with Crippen molar-refractivity contribution >= 4 is 34.8 Å². The predicted octanol–water partition coefficient (Wildman–Crippen LogP) is 4.41. The number of rotatable bonds is 6. The van der Waals surface area contributed by atoms with E-state index in [-0.39, 0.29) is 12.5 Å². The second-order valence-corrected chi connectivity index (χ2v) is 6.05. The van der Waals surface area contributed by atoms with E-state index in [0.29, 0.717) is 15.7 Å². The Morgan fingerprint density at radius 1 is 1.24 bits per heavy atom. The number of hydrogen-bond acceptors (Lipinski definition) is 2. The number of carbonyl (C=O) groups excluding carboxylic acids is 1. The Bertz CT molecular complexity index is 529. The smallest absolute Gasteiger partial charge is 0.238 e. The quantitative estimate of drug-likeness (QED) is 0.600. The minimum atomic E-state index is -0.114. The Kier molecular flexibility index (Phi) is 6.55. The number of amides is 1. The molecule has 0 radical (unpaired) electrons. The van der Waals surface area contributed by atoms with Gasteiger partial charge < -0.3 is 10.6 Å². The van der Waals surface area contributed by atoms with Crippen LogP contribution in [-0.2, 0) is 4.79 Å². The fraction of sp³-hybridized carbons (Fsp3) is 0.438. The molecule has 0 atom stereocenters. The van der Waals surface area contributed by atoms with Gasteiger partial charge in [-0.05, 0) is 56.8 Å². The monoisotopic (exact) mass is 326 g/mol. The largest absolute Gasteiger partial charge is 0.324 e. The third-order valence-corrected chi connectivity index (χ3v) is 4.06. The predicted molar refractivity (Wildman–Crippen MR) is 89.1 cm³/mol. The molecule has 1 aliphatic carbocycles. The third kappa shape index (κ3) is 5.70. The molecule has 21 heavy (non-hydrogen) atoms. The highest BCUT2D eigenvalue weighted by molar-refractivity contribution is 6.35. The molecule has 2 N–H and O–H groups in total. The molecule has 1 amide bonds. The number of allylic oxidation sites excluding steroid dienone is 1. The van der Waals surface area contributed by atoms with E-state index in [4.69, 9.17) is 23.2 Å². The molecule has 0 heterocycles. The lowest BCUT2D eigenvalue weighted by Gasteiger charge is -2.13. The van der Waals surface area contributed by atoms with Gasteiger partial charge in [0.25, 0.3) is 0 Å². The molecule has 1 aromatic carbocycles. The summed E-state index contributed by atoms with van der Waals surface area (Å²) < 4.78 is 0. The third-order valence-electron chi connectivity index (χ3n) is 3.50. The van der Waals surface area contributed by atoms with Crippen molar-refractivity contribution in [2.24, 2.45) is 0 Å². The van der Waals surface area contributed by atoms with Gasteiger partial charge in [0, 0.05) is 5.02 Å². The molecule has 3 nitrogen and oxygen atoms in total. The highest BCUT2D eigenvalue weighted by atomic mass is 35.5. The maximum absolute atomic E-state index is 11.8. The minimum Gasteiger partial charge on any atom is -0.324 e.